The van der Waals surface area contributed by atoms with E-state index < -0.39 is 0 Å². The molecule has 30 heavy (non-hydrogen) atoms. The number of piperazine rings is 1. The number of rotatable bonds is 7. The van der Waals surface area contributed by atoms with Crippen LogP contribution in [0.5, 0.6) is 11.5 Å². The van der Waals surface area contributed by atoms with Crippen molar-refractivity contribution in [3.8, 4) is 11.5 Å². The molecular formula is C22H30N4O4. The molecule has 1 aliphatic heterocycles. The monoisotopic (exact) mass is 414 g/mol. The Morgan fingerprint density at radius 1 is 1.17 bits per heavy atom. The van der Waals surface area contributed by atoms with Gasteiger partial charge in [-0.1, -0.05) is 13.0 Å². The number of carbonyl (C=O) groups excluding carboxylic acids is 1. The van der Waals surface area contributed by atoms with Gasteiger partial charge in [0.05, 0.1) is 20.0 Å². The van der Waals surface area contributed by atoms with E-state index in [0.29, 0.717) is 45.1 Å². The maximum Gasteiger partial charge on any atom is 0.289 e. The first-order valence-electron chi connectivity index (χ1n) is 10.2. The van der Waals surface area contributed by atoms with Gasteiger partial charge in [0.2, 0.25) is 0 Å². The van der Waals surface area contributed by atoms with Crippen LogP contribution in [0.3, 0.4) is 0 Å². The molecule has 1 aliphatic rings. The van der Waals surface area contributed by atoms with Crippen LogP contribution in [0.15, 0.2) is 46.0 Å². The lowest BCUT2D eigenvalue weighted by Crippen LogP contribution is -2.53. The van der Waals surface area contributed by atoms with Crippen LogP contribution in [-0.2, 0) is 6.54 Å². The summed E-state index contributed by atoms with van der Waals surface area (Å²) in [5, 5.41) is 3.40. The Bertz CT molecular complexity index is 843. The number of ether oxygens (including phenoxy) is 2. The third kappa shape index (κ3) is 5.25. The van der Waals surface area contributed by atoms with Crippen molar-refractivity contribution in [3.63, 3.8) is 0 Å². The number of nitrogens with one attached hydrogen (secondary N) is 1. The highest BCUT2D eigenvalue weighted by Gasteiger charge is 2.25. The van der Waals surface area contributed by atoms with Crippen molar-refractivity contribution in [3.05, 3.63) is 47.9 Å². The van der Waals surface area contributed by atoms with Crippen molar-refractivity contribution in [2.75, 3.05) is 46.9 Å². The number of furan rings is 1. The Labute approximate surface area is 177 Å². The number of amides is 1. The molecule has 8 heteroatoms. The summed E-state index contributed by atoms with van der Waals surface area (Å²) in [4.78, 5) is 20.8. The second-order valence-electron chi connectivity index (χ2n) is 6.99. The standard InChI is InChI=1S/C22H30N4O4/c1-4-13-29-18-8-7-17(15-20(18)28-3)16-24-22(23-2)26-11-9-25(10-12-26)21(27)19-6-5-14-30-19/h5-8,14-15H,4,9-13,16H2,1-3H3,(H,23,24). The van der Waals surface area contributed by atoms with Crippen molar-refractivity contribution in [1.82, 2.24) is 15.1 Å². The summed E-state index contributed by atoms with van der Waals surface area (Å²) >= 11 is 0. The highest BCUT2D eigenvalue weighted by Crippen LogP contribution is 2.28. The number of hydrogen-bond donors (Lipinski definition) is 1. The Balaban J connectivity index is 1.53. The number of nitrogens with zero attached hydrogens (tertiary/aromatic N) is 3. The van der Waals surface area contributed by atoms with Crippen LogP contribution in [0, 0.1) is 0 Å². The number of hydrogen-bond acceptors (Lipinski definition) is 5. The molecule has 0 saturated carbocycles. The van der Waals surface area contributed by atoms with Gasteiger partial charge in [-0.05, 0) is 36.2 Å². The molecule has 0 radical (unpaired) electrons. The van der Waals surface area contributed by atoms with Crippen LogP contribution < -0.4 is 14.8 Å². The summed E-state index contributed by atoms with van der Waals surface area (Å²) < 4.78 is 16.4. The Morgan fingerprint density at radius 3 is 2.57 bits per heavy atom. The van der Waals surface area contributed by atoms with Gasteiger partial charge in [-0.2, -0.15) is 0 Å². The van der Waals surface area contributed by atoms with Gasteiger partial charge in [-0.3, -0.25) is 9.79 Å². The zero-order valence-electron chi connectivity index (χ0n) is 17.9. The lowest BCUT2D eigenvalue weighted by molar-refractivity contribution is 0.0657. The molecule has 1 N–H and O–H groups in total. The minimum atomic E-state index is -0.0694. The zero-order valence-corrected chi connectivity index (χ0v) is 17.9. The van der Waals surface area contributed by atoms with Crippen LogP contribution >= 0.6 is 0 Å². The minimum absolute atomic E-state index is 0.0694. The first-order valence-corrected chi connectivity index (χ1v) is 10.2. The average molecular weight is 415 g/mol. The van der Waals surface area contributed by atoms with E-state index in [-0.39, 0.29) is 5.91 Å². The molecule has 8 nitrogen and oxygen atoms in total. The summed E-state index contributed by atoms with van der Waals surface area (Å²) in [5.74, 6) is 2.60. The fourth-order valence-electron chi connectivity index (χ4n) is 3.34. The van der Waals surface area contributed by atoms with Crippen LogP contribution in [0.1, 0.15) is 29.5 Å². The number of guanidine groups is 1. The van der Waals surface area contributed by atoms with Crippen LogP contribution in [0.2, 0.25) is 0 Å². The van der Waals surface area contributed by atoms with Gasteiger partial charge in [0.1, 0.15) is 0 Å². The normalized spacial score (nSPS) is 14.6. The maximum atomic E-state index is 12.4. The molecule has 1 saturated heterocycles. The smallest absolute Gasteiger partial charge is 0.289 e. The summed E-state index contributed by atoms with van der Waals surface area (Å²) in [6.45, 7) is 6.01. The number of aliphatic imine (C=N–C) groups is 1. The van der Waals surface area contributed by atoms with Crippen molar-refractivity contribution in [2.45, 2.75) is 19.9 Å². The first-order chi connectivity index (χ1) is 14.7. The van der Waals surface area contributed by atoms with Gasteiger partial charge in [0.15, 0.2) is 23.2 Å². The number of carbonyl (C=O) groups is 1. The van der Waals surface area contributed by atoms with E-state index in [1.54, 1.807) is 26.3 Å². The lowest BCUT2D eigenvalue weighted by Gasteiger charge is -2.36. The summed E-state index contributed by atoms with van der Waals surface area (Å²) in [6.07, 6.45) is 2.47. The van der Waals surface area contributed by atoms with Gasteiger partial charge in [-0.15, -0.1) is 0 Å². The van der Waals surface area contributed by atoms with Crippen LogP contribution in [0.25, 0.3) is 0 Å². The van der Waals surface area contributed by atoms with E-state index in [0.717, 1.165) is 29.4 Å². The molecule has 2 aromatic rings. The third-order valence-electron chi connectivity index (χ3n) is 4.95. The highest BCUT2D eigenvalue weighted by molar-refractivity contribution is 5.91. The second-order valence-corrected chi connectivity index (χ2v) is 6.99. The molecular weight excluding hydrogens is 384 g/mol. The molecule has 0 atom stereocenters. The quantitative estimate of drug-likeness (QED) is 0.554. The fraction of sp³-hybridized carbons (Fsp3) is 0.455. The zero-order chi connectivity index (χ0) is 21.3. The molecule has 2 heterocycles. The van der Waals surface area contributed by atoms with Gasteiger partial charge in [-0.25, -0.2) is 0 Å². The molecule has 1 fully saturated rings. The molecule has 3 rings (SSSR count). The van der Waals surface area contributed by atoms with Crippen molar-refractivity contribution < 1.29 is 18.7 Å². The van der Waals surface area contributed by atoms with E-state index in [1.165, 1.54) is 6.26 Å². The lowest BCUT2D eigenvalue weighted by atomic mass is 10.2. The van der Waals surface area contributed by atoms with Gasteiger partial charge in [0, 0.05) is 39.8 Å². The van der Waals surface area contributed by atoms with Crippen molar-refractivity contribution in [2.24, 2.45) is 4.99 Å². The van der Waals surface area contributed by atoms with E-state index >= 15 is 0 Å². The SMILES string of the molecule is CCCOc1ccc(CNC(=NC)N2CCN(C(=O)c3ccco3)CC2)cc1OC. The molecule has 1 aromatic carbocycles. The molecule has 162 valence electrons. The molecule has 0 bridgehead atoms. The Morgan fingerprint density at radius 2 is 1.93 bits per heavy atom. The number of benzene rings is 1. The fourth-order valence-corrected chi connectivity index (χ4v) is 3.34. The van der Waals surface area contributed by atoms with E-state index in [4.69, 9.17) is 13.9 Å². The molecule has 0 unspecified atom stereocenters. The van der Waals surface area contributed by atoms with E-state index in [2.05, 4.69) is 22.1 Å². The predicted octanol–water partition coefficient (Wildman–Crippen LogP) is 2.61. The van der Waals surface area contributed by atoms with E-state index in [9.17, 15) is 4.79 Å². The molecule has 1 amide bonds. The first kappa shape index (κ1) is 21.5. The van der Waals surface area contributed by atoms with Gasteiger partial charge < -0.3 is 29.0 Å². The predicted molar refractivity (Wildman–Crippen MR) is 115 cm³/mol. The summed E-state index contributed by atoms with van der Waals surface area (Å²) in [7, 11) is 3.42. The molecule has 1 aromatic heterocycles. The second kappa shape index (κ2) is 10.6. The molecule has 0 aliphatic carbocycles. The summed E-state index contributed by atoms with van der Waals surface area (Å²) in [6, 6.07) is 9.36. The largest absolute Gasteiger partial charge is 0.493 e. The van der Waals surface area contributed by atoms with Crippen LogP contribution in [0.4, 0.5) is 0 Å². The minimum Gasteiger partial charge on any atom is -0.493 e. The Hall–Kier alpha value is -3.16. The van der Waals surface area contributed by atoms with E-state index in [1.807, 2.05) is 23.1 Å². The van der Waals surface area contributed by atoms with Crippen LogP contribution in [-0.4, -0.2) is 68.6 Å². The number of methoxy groups -OCH3 is 1. The Kier molecular flexibility index (Phi) is 7.59. The topological polar surface area (TPSA) is 79.5 Å². The highest BCUT2D eigenvalue weighted by atomic mass is 16.5. The third-order valence-corrected chi connectivity index (χ3v) is 4.95. The molecule has 0 spiro atoms. The van der Waals surface area contributed by atoms with Crippen molar-refractivity contribution in [1.29, 1.82) is 0 Å². The average Bonchev–Trinajstić information content (AvgIpc) is 3.33. The summed E-state index contributed by atoms with van der Waals surface area (Å²) in [5.41, 5.74) is 1.07. The van der Waals surface area contributed by atoms with Gasteiger partial charge >= 0.3 is 0 Å². The van der Waals surface area contributed by atoms with Gasteiger partial charge in [0.25, 0.3) is 5.91 Å². The van der Waals surface area contributed by atoms with Crippen molar-refractivity contribution >= 4 is 11.9 Å². The maximum absolute atomic E-state index is 12.4.